The van der Waals surface area contributed by atoms with Crippen LogP contribution in [0.1, 0.15) is 81.2 Å². The molecule has 1 saturated carbocycles. The van der Waals surface area contributed by atoms with E-state index in [9.17, 15) is 9.18 Å². The molecule has 11 heteroatoms. The highest BCUT2D eigenvalue weighted by molar-refractivity contribution is 6.30. The third-order valence-electron chi connectivity index (χ3n) is 7.24. The average Bonchev–Trinajstić information content (AvgIpc) is 3.43. The topological polar surface area (TPSA) is 95.5 Å². The third-order valence-corrected chi connectivity index (χ3v) is 7.47. The Morgan fingerprint density at radius 2 is 1.82 bits per heavy atom. The number of hydrogen-bond donors (Lipinski definition) is 0. The molecule has 0 amide bonds. The van der Waals surface area contributed by atoms with Crippen molar-refractivity contribution in [2.24, 2.45) is 0 Å². The fourth-order valence-corrected chi connectivity index (χ4v) is 5.75. The first kappa shape index (κ1) is 25.8. The summed E-state index contributed by atoms with van der Waals surface area (Å²) in [5.41, 5.74) is 2.49. The molecule has 9 nitrogen and oxygen atoms in total. The molecule has 0 N–H and O–H groups in total. The van der Waals surface area contributed by atoms with E-state index in [1.165, 1.54) is 17.2 Å². The number of benzene rings is 2. The lowest BCUT2D eigenvalue weighted by molar-refractivity contribution is -0.155. The van der Waals surface area contributed by atoms with Crippen LogP contribution in [0.15, 0.2) is 40.9 Å². The lowest BCUT2D eigenvalue weighted by atomic mass is 9.79. The maximum atomic E-state index is 13.6. The summed E-state index contributed by atoms with van der Waals surface area (Å²) < 4.78 is 26.4. The number of aromatic nitrogens is 4. The largest absolute Gasteiger partial charge is 0.528 e. The highest BCUT2D eigenvalue weighted by Gasteiger charge is 2.33. The van der Waals surface area contributed by atoms with E-state index >= 15 is 0 Å². The Hall–Kier alpha value is -3.50. The van der Waals surface area contributed by atoms with Gasteiger partial charge in [-0.25, -0.2) is 9.18 Å². The average molecular weight is 554 g/mol. The summed E-state index contributed by atoms with van der Waals surface area (Å²) in [6, 6.07) is 10.2. The number of carbonyl (C=O) groups excluding carboxylic acids is 1. The molecule has 0 saturated heterocycles. The summed E-state index contributed by atoms with van der Waals surface area (Å²) in [5, 5.41) is 16.4. The van der Waals surface area contributed by atoms with Gasteiger partial charge < -0.3 is 14.1 Å². The Morgan fingerprint density at radius 3 is 2.59 bits per heavy atom. The molecule has 4 aromatic rings. The first-order valence-corrected chi connectivity index (χ1v) is 13.5. The second kappa shape index (κ2) is 9.91. The van der Waals surface area contributed by atoms with Crippen LogP contribution < -0.4 is 0 Å². The van der Waals surface area contributed by atoms with Crippen LogP contribution in [0.5, 0.6) is 0 Å². The fourth-order valence-electron chi connectivity index (χ4n) is 5.55. The van der Waals surface area contributed by atoms with Gasteiger partial charge in [-0.3, -0.25) is 4.57 Å². The van der Waals surface area contributed by atoms with Crippen LogP contribution in [0, 0.1) is 5.82 Å². The van der Waals surface area contributed by atoms with Gasteiger partial charge in [0.25, 0.3) is 0 Å². The summed E-state index contributed by atoms with van der Waals surface area (Å²) in [7, 11) is 0. The molecule has 1 fully saturated rings. The predicted octanol–water partition coefficient (Wildman–Crippen LogP) is 6.82. The second-order valence-corrected chi connectivity index (χ2v) is 11.6. The fraction of sp³-hybridized carbons (Fsp3) is 0.429. The number of nitrogens with zero attached hydrogens (tertiary/aromatic N) is 5. The van der Waals surface area contributed by atoms with Crippen molar-refractivity contribution in [3.8, 4) is 5.69 Å². The van der Waals surface area contributed by atoms with Crippen molar-refractivity contribution >= 4 is 28.7 Å². The number of hydroxylamine groups is 2. The Balaban J connectivity index is 1.25. The molecule has 204 valence electrons. The smallest absolute Gasteiger partial charge is 0.427 e. The highest BCUT2D eigenvalue weighted by Crippen LogP contribution is 2.43. The minimum Gasteiger partial charge on any atom is -0.427 e. The summed E-state index contributed by atoms with van der Waals surface area (Å²) >= 11 is 6.35. The van der Waals surface area contributed by atoms with Crippen LogP contribution in [0.3, 0.4) is 0 Å². The Labute approximate surface area is 229 Å². The number of halogens is 2. The van der Waals surface area contributed by atoms with Crippen LogP contribution in [-0.4, -0.2) is 36.7 Å². The molecule has 39 heavy (non-hydrogen) atoms. The number of carbonyl (C=O) groups is 1. The molecule has 6 rings (SSSR count). The minimum absolute atomic E-state index is 0.181. The van der Waals surface area contributed by atoms with Crippen molar-refractivity contribution in [3.05, 3.63) is 70.1 Å². The van der Waals surface area contributed by atoms with Crippen molar-refractivity contribution in [2.45, 2.75) is 77.0 Å². The molecule has 0 atom stereocenters. The summed E-state index contributed by atoms with van der Waals surface area (Å²) in [5.74, 6) is 1.61. The molecule has 0 bridgehead atoms. The second-order valence-electron chi connectivity index (χ2n) is 11.2. The van der Waals surface area contributed by atoms with Crippen LogP contribution in [-0.2, 0) is 22.7 Å². The van der Waals surface area contributed by atoms with E-state index in [0.717, 1.165) is 53.8 Å². The van der Waals surface area contributed by atoms with Crippen molar-refractivity contribution in [2.75, 3.05) is 0 Å². The van der Waals surface area contributed by atoms with E-state index < -0.39 is 11.8 Å². The van der Waals surface area contributed by atoms with Gasteiger partial charge in [-0.1, -0.05) is 16.8 Å². The molecule has 2 aromatic heterocycles. The maximum absolute atomic E-state index is 13.6. The predicted molar refractivity (Wildman–Crippen MR) is 141 cm³/mol. The van der Waals surface area contributed by atoms with Gasteiger partial charge in [-0.05, 0) is 82.3 Å². The molecule has 1 aliphatic heterocycles. The van der Waals surface area contributed by atoms with Gasteiger partial charge in [0, 0.05) is 28.3 Å². The van der Waals surface area contributed by atoms with Gasteiger partial charge in [0.1, 0.15) is 17.2 Å². The first-order valence-electron chi connectivity index (χ1n) is 13.1. The zero-order chi connectivity index (χ0) is 27.3. The van der Waals surface area contributed by atoms with Gasteiger partial charge in [-0.2, -0.15) is 0 Å². The van der Waals surface area contributed by atoms with Crippen molar-refractivity contribution in [3.63, 3.8) is 0 Å². The minimum atomic E-state index is -0.777. The maximum Gasteiger partial charge on any atom is 0.528 e. The quantitative estimate of drug-likeness (QED) is 0.255. The van der Waals surface area contributed by atoms with Crippen LogP contribution in [0.2, 0.25) is 5.02 Å². The lowest BCUT2D eigenvalue weighted by Crippen LogP contribution is -2.31. The zero-order valence-electron chi connectivity index (χ0n) is 22.0. The number of rotatable bonds is 3. The van der Waals surface area contributed by atoms with Crippen LogP contribution in [0.4, 0.5) is 9.18 Å². The van der Waals surface area contributed by atoms with E-state index in [4.69, 9.17) is 25.7 Å². The molecule has 0 radical (unpaired) electrons. The Morgan fingerprint density at radius 1 is 1.05 bits per heavy atom. The van der Waals surface area contributed by atoms with E-state index in [-0.39, 0.29) is 24.2 Å². The van der Waals surface area contributed by atoms with Gasteiger partial charge >= 0.3 is 6.16 Å². The van der Waals surface area contributed by atoms with Crippen LogP contribution >= 0.6 is 11.6 Å². The molecule has 2 aliphatic rings. The third kappa shape index (κ3) is 5.23. The standard InChI is InChI=1S/C28H29ClFN5O4/c1-28(2,3)37-27(36)39-34-14-18-12-19(29)8-11-22(18)35-24(15-34)31-32-26(35)17-6-4-16(5-7-17)25-21-10-9-20(30)13-23(21)38-33-25/h8-13,16-17H,4-7,14-15H2,1-3H3. The number of hydrogen-bond acceptors (Lipinski definition) is 8. The van der Waals surface area contributed by atoms with Crippen molar-refractivity contribution in [1.29, 1.82) is 0 Å². The number of fused-ring (bicyclic) bond motifs is 4. The molecule has 0 unspecified atom stereocenters. The Kier molecular flexibility index (Phi) is 6.55. The molecular weight excluding hydrogens is 525 g/mol. The van der Waals surface area contributed by atoms with E-state index in [0.29, 0.717) is 23.0 Å². The summed E-state index contributed by atoms with van der Waals surface area (Å²) in [4.78, 5) is 18.0. The normalized spacial score (nSPS) is 19.8. The molecule has 3 heterocycles. The van der Waals surface area contributed by atoms with E-state index in [1.807, 2.05) is 18.2 Å². The molecule has 1 aliphatic carbocycles. The zero-order valence-corrected chi connectivity index (χ0v) is 22.7. The van der Waals surface area contributed by atoms with Gasteiger partial charge in [0.05, 0.1) is 24.5 Å². The van der Waals surface area contributed by atoms with Gasteiger partial charge in [0.15, 0.2) is 11.4 Å². The van der Waals surface area contributed by atoms with Gasteiger partial charge in [0.2, 0.25) is 0 Å². The Bertz CT molecular complexity index is 1540. The van der Waals surface area contributed by atoms with Crippen molar-refractivity contribution < 1.29 is 23.3 Å². The SMILES string of the molecule is CC(C)(C)OC(=O)ON1Cc2cc(Cl)ccc2-n2c(nnc2C2CCC(c3noc4cc(F)ccc34)CC2)C1. The lowest BCUT2D eigenvalue weighted by Gasteiger charge is -2.27. The van der Waals surface area contributed by atoms with E-state index in [1.54, 1.807) is 26.8 Å². The van der Waals surface area contributed by atoms with Gasteiger partial charge in [-0.15, -0.1) is 15.3 Å². The number of ether oxygens (including phenoxy) is 1. The summed E-state index contributed by atoms with van der Waals surface area (Å²) in [6.45, 7) is 5.93. The van der Waals surface area contributed by atoms with E-state index in [2.05, 4.69) is 19.9 Å². The highest BCUT2D eigenvalue weighted by atomic mass is 35.5. The monoisotopic (exact) mass is 553 g/mol. The molecule has 2 aromatic carbocycles. The molecular formula is C28H29ClFN5O4. The molecule has 0 spiro atoms. The summed E-state index contributed by atoms with van der Waals surface area (Å²) in [6.07, 6.45) is 2.79. The van der Waals surface area contributed by atoms with Crippen molar-refractivity contribution in [1.82, 2.24) is 25.0 Å². The first-order chi connectivity index (χ1) is 18.6. The van der Waals surface area contributed by atoms with Crippen LogP contribution in [0.25, 0.3) is 16.7 Å².